The summed E-state index contributed by atoms with van der Waals surface area (Å²) < 4.78 is 5.80. The standard InChI is InChI=1S/C21H28O/c1-16(2)14-21(17(3)4)19-12-10-18(11-13-19)15-22-20-8-6-5-7-9-20/h5-13,16-17,21H,14-15H2,1-4H3. The molecule has 0 spiro atoms. The van der Waals surface area contributed by atoms with E-state index in [9.17, 15) is 0 Å². The van der Waals surface area contributed by atoms with Crippen molar-refractivity contribution in [2.75, 3.05) is 0 Å². The molecule has 0 amide bonds. The lowest BCUT2D eigenvalue weighted by atomic mass is 9.82. The molecule has 0 aromatic heterocycles. The lowest BCUT2D eigenvalue weighted by molar-refractivity contribution is 0.306. The van der Waals surface area contributed by atoms with Gasteiger partial charge in [-0.3, -0.25) is 0 Å². The van der Waals surface area contributed by atoms with Crippen LogP contribution in [0.5, 0.6) is 5.75 Å². The zero-order valence-corrected chi connectivity index (χ0v) is 14.3. The Kier molecular flexibility index (Phi) is 6.06. The molecule has 0 bridgehead atoms. The van der Waals surface area contributed by atoms with E-state index in [0.717, 1.165) is 11.7 Å². The zero-order chi connectivity index (χ0) is 15.9. The minimum Gasteiger partial charge on any atom is -0.489 e. The van der Waals surface area contributed by atoms with Crippen LogP contribution in [-0.4, -0.2) is 0 Å². The average Bonchev–Trinajstić information content (AvgIpc) is 2.52. The monoisotopic (exact) mass is 296 g/mol. The fourth-order valence-corrected chi connectivity index (χ4v) is 2.85. The van der Waals surface area contributed by atoms with Crippen molar-refractivity contribution < 1.29 is 4.74 Å². The lowest BCUT2D eigenvalue weighted by Gasteiger charge is -2.23. The van der Waals surface area contributed by atoms with Crippen molar-refractivity contribution in [1.29, 1.82) is 0 Å². The van der Waals surface area contributed by atoms with Crippen LogP contribution in [0.15, 0.2) is 54.6 Å². The van der Waals surface area contributed by atoms with Crippen LogP contribution < -0.4 is 4.74 Å². The second kappa shape index (κ2) is 8.03. The van der Waals surface area contributed by atoms with Crippen molar-refractivity contribution in [2.45, 2.75) is 46.6 Å². The topological polar surface area (TPSA) is 9.23 Å². The number of hydrogen-bond acceptors (Lipinski definition) is 1. The van der Waals surface area contributed by atoms with Crippen LogP contribution in [0.25, 0.3) is 0 Å². The summed E-state index contributed by atoms with van der Waals surface area (Å²) in [7, 11) is 0. The molecule has 0 fully saturated rings. The van der Waals surface area contributed by atoms with Crippen molar-refractivity contribution in [3.05, 3.63) is 65.7 Å². The molecule has 0 aliphatic rings. The molecular weight excluding hydrogens is 268 g/mol. The molecule has 1 nitrogen and oxygen atoms in total. The Balaban J connectivity index is 1.99. The van der Waals surface area contributed by atoms with Crippen LogP contribution in [0.4, 0.5) is 0 Å². The summed E-state index contributed by atoms with van der Waals surface area (Å²) in [5, 5.41) is 0. The van der Waals surface area contributed by atoms with Gasteiger partial charge in [-0.1, -0.05) is 70.2 Å². The van der Waals surface area contributed by atoms with E-state index in [2.05, 4.69) is 52.0 Å². The van der Waals surface area contributed by atoms with Crippen LogP contribution in [0.1, 0.15) is 51.2 Å². The Labute approximate surface area is 135 Å². The molecule has 2 aromatic carbocycles. The second-order valence-corrected chi connectivity index (χ2v) is 6.82. The molecule has 2 rings (SSSR count). The molecule has 0 heterocycles. The van der Waals surface area contributed by atoms with E-state index in [1.54, 1.807) is 0 Å². The first-order valence-corrected chi connectivity index (χ1v) is 8.33. The fourth-order valence-electron chi connectivity index (χ4n) is 2.85. The van der Waals surface area contributed by atoms with Crippen LogP contribution in [0, 0.1) is 11.8 Å². The minimum absolute atomic E-state index is 0.626. The van der Waals surface area contributed by atoms with Gasteiger partial charge in [-0.25, -0.2) is 0 Å². The van der Waals surface area contributed by atoms with Crippen molar-refractivity contribution in [2.24, 2.45) is 11.8 Å². The normalized spacial score (nSPS) is 12.6. The maximum atomic E-state index is 5.80. The van der Waals surface area contributed by atoms with Gasteiger partial charge in [-0.15, -0.1) is 0 Å². The molecule has 0 saturated heterocycles. The number of ether oxygens (including phenoxy) is 1. The van der Waals surface area contributed by atoms with Gasteiger partial charge in [0.1, 0.15) is 12.4 Å². The van der Waals surface area contributed by atoms with Gasteiger partial charge in [0.15, 0.2) is 0 Å². The van der Waals surface area contributed by atoms with Gasteiger partial charge in [0, 0.05) is 0 Å². The summed E-state index contributed by atoms with van der Waals surface area (Å²) in [6.45, 7) is 9.87. The minimum atomic E-state index is 0.626. The van der Waals surface area contributed by atoms with Gasteiger partial charge in [0.05, 0.1) is 0 Å². The quantitative estimate of drug-likeness (QED) is 0.604. The smallest absolute Gasteiger partial charge is 0.119 e. The fraction of sp³-hybridized carbons (Fsp3) is 0.429. The largest absolute Gasteiger partial charge is 0.489 e. The second-order valence-electron chi connectivity index (χ2n) is 6.82. The van der Waals surface area contributed by atoms with E-state index < -0.39 is 0 Å². The lowest BCUT2D eigenvalue weighted by Crippen LogP contribution is -2.10. The van der Waals surface area contributed by atoms with Gasteiger partial charge in [-0.2, -0.15) is 0 Å². The van der Waals surface area contributed by atoms with Crippen molar-refractivity contribution in [1.82, 2.24) is 0 Å². The third-order valence-electron chi connectivity index (χ3n) is 4.09. The highest BCUT2D eigenvalue weighted by atomic mass is 16.5. The Hall–Kier alpha value is -1.76. The van der Waals surface area contributed by atoms with Gasteiger partial charge in [0.25, 0.3) is 0 Å². The third-order valence-corrected chi connectivity index (χ3v) is 4.09. The molecule has 118 valence electrons. The molecule has 0 aliphatic carbocycles. The maximum Gasteiger partial charge on any atom is 0.119 e. The van der Waals surface area contributed by atoms with Gasteiger partial charge >= 0.3 is 0 Å². The van der Waals surface area contributed by atoms with Crippen LogP contribution in [0.3, 0.4) is 0 Å². The Morgan fingerprint density at radius 1 is 0.818 bits per heavy atom. The first kappa shape index (κ1) is 16.6. The van der Waals surface area contributed by atoms with Crippen molar-refractivity contribution in [3.63, 3.8) is 0 Å². The van der Waals surface area contributed by atoms with Crippen LogP contribution in [-0.2, 0) is 6.61 Å². The van der Waals surface area contributed by atoms with Crippen LogP contribution >= 0.6 is 0 Å². The molecule has 0 radical (unpaired) electrons. The Morgan fingerprint density at radius 2 is 1.45 bits per heavy atom. The van der Waals surface area contributed by atoms with E-state index in [4.69, 9.17) is 4.74 Å². The summed E-state index contributed by atoms with van der Waals surface area (Å²) in [6.07, 6.45) is 1.25. The summed E-state index contributed by atoms with van der Waals surface area (Å²) in [5.41, 5.74) is 2.67. The zero-order valence-electron chi connectivity index (χ0n) is 14.3. The van der Waals surface area contributed by atoms with Gasteiger partial charge in [-0.05, 0) is 47.4 Å². The molecule has 1 atom stereocenters. The number of benzene rings is 2. The molecular formula is C21H28O. The Bertz CT molecular complexity index is 540. The summed E-state index contributed by atoms with van der Waals surface area (Å²) in [5.74, 6) is 2.97. The van der Waals surface area contributed by atoms with Crippen molar-refractivity contribution >= 4 is 0 Å². The molecule has 0 saturated carbocycles. The summed E-state index contributed by atoms with van der Waals surface area (Å²) in [6, 6.07) is 18.9. The van der Waals surface area contributed by atoms with Gasteiger partial charge in [0.2, 0.25) is 0 Å². The highest BCUT2D eigenvalue weighted by Gasteiger charge is 2.17. The van der Waals surface area contributed by atoms with Gasteiger partial charge < -0.3 is 4.74 Å². The van der Waals surface area contributed by atoms with E-state index in [1.165, 1.54) is 17.5 Å². The predicted molar refractivity (Wildman–Crippen MR) is 94.3 cm³/mol. The van der Waals surface area contributed by atoms with E-state index in [0.29, 0.717) is 18.4 Å². The summed E-state index contributed by atoms with van der Waals surface area (Å²) in [4.78, 5) is 0. The van der Waals surface area contributed by atoms with E-state index >= 15 is 0 Å². The first-order chi connectivity index (χ1) is 10.6. The summed E-state index contributed by atoms with van der Waals surface area (Å²) >= 11 is 0. The number of para-hydroxylation sites is 1. The molecule has 1 heteroatoms. The Morgan fingerprint density at radius 3 is 2.00 bits per heavy atom. The molecule has 0 aliphatic heterocycles. The average molecular weight is 296 g/mol. The highest BCUT2D eigenvalue weighted by Crippen LogP contribution is 2.31. The van der Waals surface area contributed by atoms with Crippen LogP contribution in [0.2, 0.25) is 0 Å². The highest BCUT2D eigenvalue weighted by molar-refractivity contribution is 5.27. The molecule has 0 N–H and O–H groups in total. The van der Waals surface area contributed by atoms with E-state index in [-0.39, 0.29) is 0 Å². The number of rotatable bonds is 7. The van der Waals surface area contributed by atoms with Crippen molar-refractivity contribution in [3.8, 4) is 5.75 Å². The first-order valence-electron chi connectivity index (χ1n) is 8.33. The molecule has 1 unspecified atom stereocenters. The molecule has 2 aromatic rings. The maximum absolute atomic E-state index is 5.80. The molecule has 22 heavy (non-hydrogen) atoms. The van der Waals surface area contributed by atoms with E-state index in [1.807, 2.05) is 30.3 Å². The third kappa shape index (κ3) is 4.91. The predicted octanol–water partition coefficient (Wildman–Crippen LogP) is 6.05. The SMILES string of the molecule is CC(C)CC(c1ccc(COc2ccccc2)cc1)C(C)C. The number of hydrogen-bond donors (Lipinski definition) is 0.